The van der Waals surface area contributed by atoms with Gasteiger partial charge in [0.05, 0.1) is 0 Å². The molecule has 1 rings (SSSR count). The fraction of sp³-hybridized carbons (Fsp3) is 0.294. The second-order valence-corrected chi connectivity index (χ2v) is 3.95. The number of hydrogen-bond donors (Lipinski definition) is 0. The summed E-state index contributed by atoms with van der Waals surface area (Å²) in [5, 5.41) is 0. The summed E-state index contributed by atoms with van der Waals surface area (Å²) in [6.45, 7) is 10.3. The molecule has 0 saturated carbocycles. The fourth-order valence-electron chi connectivity index (χ4n) is 1.34. The van der Waals surface area contributed by atoms with E-state index in [2.05, 4.69) is 50.3 Å². The van der Waals surface area contributed by atoms with Gasteiger partial charge < -0.3 is 0 Å². The Hall–Kier alpha value is -1.56. The van der Waals surface area contributed by atoms with Crippen molar-refractivity contribution in [3.63, 3.8) is 0 Å². The van der Waals surface area contributed by atoms with Crippen molar-refractivity contribution in [2.24, 2.45) is 0 Å². The van der Waals surface area contributed by atoms with Crippen LogP contribution >= 0.6 is 0 Å². The van der Waals surface area contributed by atoms with Gasteiger partial charge in [-0.25, -0.2) is 0 Å². The fourth-order valence-corrected chi connectivity index (χ4v) is 1.34. The largest absolute Gasteiger partial charge is 0.0919 e. The molecule has 0 spiro atoms. The van der Waals surface area contributed by atoms with Gasteiger partial charge in [-0.1, -0.05) is 60.2 Å². The standard InChI is InChI=1S/C13H16.C4H8/c1-4-8-13(11(2)3)12-9-6-5-7-10-12;1-3-4-2/h4-10H,1-3H3;3-4H,1-2H3/b8-4-;4-3-. The quantitative estimate of drug-likeness (QED) is 0.454. The summed E-state index contributed by atoms with van der Waals surface area (Å²) in [5.74, 6) is 0. The SMILES string of the molecule is C/C=C\C.C/C=C\C(=C(C)C)c1ccccc1. The summed E-state index contributed by atoms with van der Waals surface area (Å²) >= 11 is 0. The molecule has 17 heavy (non-hydrogen) atoms. The van der Waals surface area contributed by atoms with Crippen LogP contribution in [0.3, 0.4) is 0 Å². The van der Waals surface area contributed by atoms with Crippen molar-refractivity contribution in [3.8, 4) is 0 Å². The highest BCUT2D eigenvalue weighted by molar-refractivity contribution is 5.75. The van der Waals surface area contributed by atoms with Crippen LogP contribution in [0.2, 0.25) is 0 Å². The zero-order chi connectivity index (χ0) is 13.1. The molecule has 0 bridgehead atoms. The average Bonchev–Trinajstić information content (AvgIpc) is 2.37. The average molecular weight is 228 g/mol. The topological polar surface area (TPSA) is 0 Å². The highest BCUT2D eigenvalue weighted by Gasteiger charge is 1.97. The van der Waals surface area contributed by atoms with E-state index >= 15 is 0 Å². The Morgan fingerprint density at radius 3 is 1.71 bits per heavy atom. The lowest BCUT2D eigenvalue weighted by molar-refractivity contribution is 1.39. The Balaban J connectivity index is 0.000000557. The van der Waals surface area contributed by atoms with Gasteiger partial charge in [-0.15, -0.1) is 0 Å². The predicted molar refractivity (Wildman–Crippen MR) is 80.0 cm³/mol. The van der Waals surface area contributed by atoms with Crippen LogP contribution in [0.25, 0.3) is 5.57 Å². The van der Waals surface area contributed by atoms with Crippen LogP contribution in [-0.2, 0) is 0 Å². The van der Waals surface area contributed by atoms with Gasteiger partial charge in [0.25, 0.3) is 0 Å². The lowest BCUT2D eigenvalue weighted by atomic mass is 10.0. The Morgan fingerprint density at radius 2 is 1.35 bits per heavy atom. The van der Waals surface area contributed by atoms with Crippen molar-refractivity contribution < 1.29 is 0 Å². The number of hydrogen-bond acceptors (Lipinski definition) is 0. The third-order valence-corrected chi connectivity index (χ3v) is 2.29. The molecular weight excluding hydrogens is 204 g/mol. The summed E-state index contributed by atoms with van der Waals surface area (Å²) < 4.78 is 0. The molecular formula is C17H24. The zero-order valence-corrected chi connectivity index (χ0v) is 11.7. The lowest BCUT2D eigenvalue weighted by Gasteiger charge is -2.04. The summed E-state index contributed by atoms with van der Waals surface area (Å²) in [4.78, 5) is 0. The second-order valence-electron chi connectivity index (χ2n) is 3.95. The Kier molecular flexibility index (Phi) is 8.77. The first-order valence-corrected chi connectivity index (χ1v) is 6.10. The van der Waals surface area contributed by atoms with Gasteiger partial charge in [0.2, 0.25) is 0 Å². The molecule has 0 N–H and O–H groups in total. The molecule has 1 aromatic rings. The van der Waals surface area contributed by atoms with Crippen molar-refractivity contribution in [2.75, 3.05) is 0 Å². The highest BCUT2D eigenvalue weighted by atomic mass is 14.0. The minimum absolute atomic E-state index is 1.29. The van der Waals surface area contributed by atoms with E-state index in [1.54, 1.807) is 0 Å². The van der Waals surface area contributed by atoms with Crippen LogP contribution in [-0.4, -0.2) is 0 Å². The molecule has 0 radical (unpaired) electrons. The molecule has 1 aromatic carbocycles. The van der Waals surface area contributed by atoms with Gasteiger partial charge in [0.1, 0.15) is 0 Å². The van der Waals surface area contributed by atoms with Crippen LogP contribution in [0.15, 0.2) is 60.2 Å². The monoisotopic (exact) mass is 228 g/mol. The lowest BCUT2D eigenvalue weighted by Crippen LogP contribution is -1.82. The number of rotatable bonds is 2. The minimum atomic E-state index is 1.29. The third-order valence-electron chi connectivity index (χ3n) is 2.29. The first-order valence-electron chi connectivity index (χ1n) is 6.10. The maximum Gasteiger partial charge on any atom is -0.0185 e. The van der Waals surface area contributed by atoms with Crippen LogP contribution in [0.1, 0.15) is 40.2 Å². The maximum atomic E-state index is 2.16. The summed E-state index contributed by atoms with van der Waals surface area (Å²) in [7, 11) is 0. The molecule has 0 amide bonds. The molecule has 0 saturated heterocycles. The van der Waals surface area contributed by atoms with Crippen LogP contribution in [0.4, 0.5) is 0 Å². The van der Waals surface area contributed by atoms with Crippen LogP contribution < -0.4 is 0 Å². The van der Waals surface area contributed by atoms with Gasteiger partial charge >= 0.3 is 0 Å². The summed E-state index contributed by atoms with van der Waals surface area (Å²) in [6.07, 6.45) is 8.24. The molecule has 0 aliphatic carbocycles. The summed E-state index contributed by atoms with van der Waals surface area (Å²) in [6, 6.07) is 10.5. The predicted octanol–water partition coefficient (Wildman–Crippen LogP) is 5.64. The van der Waals surface area contributed by atoms with E-state index in [-0.39, 0.29) is 0 Å². The Bertz CT molecular complexity index is 370. The van der Waals surface area contributed by atoms with E-state index in [4.69, 9.17) is 0 Å². The summed E-state index contributed by atoms with van der Waals surface area (Å²) in [5.41, 5.74) is 3.97. The van der Waals surface area contributed by atoms with E-state index in [9.17, 15) is 0 Å². The first-order chi connectivity index (χ1) is 8.17. The van der Waals surface area contributed by atoms with Gasteiger partial charge in [-0.2, -0.15) is 0 Å². The normalized spacial score (nSPS) is 10.2. The van der Waals surface area contributed by atoms with Gasteiger partial charge in [-0.05, 0) is 45.8 Å². The Labute approximate surface area is 106 Å². The molecule has 0 nitrogen and oxygen atoms in total. The van der Waals surface area contributed by atoms with Gasteiger partial charge in [0.15, 0.2) is 0 Å². The molecule has 92 valence electrons. The maximum absolute atomic E-state index is 2.16. The van der Waals surface area contributed by atoms with E-state index < -0.39 is 0 Å². The molecule has 0 fully saturated rings. The first kappa shape index (κ1) is 15.4. The molecule has 0 atom stereocenters. The van der Waals surface area contributed by atoms with Crippen molar-refractivity contribution in [3.05, 3.63) is 65.8 Å². The van der Waals surface area contributed by atoms with E-state index in [1.165, 1.54) is 16.7 Å². The molecule has 0 heteroatoms. The highest BCUT2D eigenvalue weighted by Crippen LogP contribution is 2.19. The molecule has 0 aliphatic rings. The molecule has 0 aromatic heterocycles. The van der Waals surface area contributed by atoms with Crippen molar-refractivity contribution in [1.82, 2.24) is 0 Å². The van der Waals surface area contributed by atoms with Crippen LogP contribution in [0, 0.1) is 0 Å². The molecule has 0 heterocycles. The zero-order valence-electron chi connectivity index (χ0n) is 11.7. The van der Waals surface area contributed by atoms with Crippen LogP contribution in [0.5, 0.6) is 0 Å². The number of allylic oxidation sites excluding steroid dienone is 6. The van der Waals surface area contributed by atoms with Crippen molar-refractivity contribution in [2.45, 2.75) is 34.6 Å². The molecule has 0 aliphatic heterocycles. The van der Waals surface area contributed by atoms with Crippen molar-refractivity contribution >= 4 is 5.57 Å². The smallest absolute Gasteiger partial charge is 0.0185 e. The van der Waals surface area contributed by atoms with Crippen molar-refractivity contribution in [1.29, 1.82) is 0 Å². The second kappa shape index (κ2) is 9.65. The Morgan fingerprint density at radius 1 is 0.824 bits per heavy atom. The van der Waals surface area contributed by atoms with Gasteiger partial charge in [0, 0.05) is 0 Å². The van der Waals surface area contributed by atoms with E-state index in [0.717, 1.165) is 0 Å². The minimum Gasteiger partial charge on any atom is -0.0919 e. The number of benzene rings is 1. The van der Waals surface area contributed by atoms with E-state index in [1.807, 2.05) is 39.0 Å². The molecule has 0 unspecified atom stereocenters. The van der Waals surface area contributed by atoms with Gasteiger partial charge in [-0.3, -0.25) is 0 Å². The third kappa shape index (κ3) is 6.57. The van der Waals surface area contributed by atoms with E-state index in [0.29, 0.717) is 0 Å².